The number of amides is 2. The van der Waals surface area contributed by atoms with Crippen molar-refractivity contribution in [2.24, 2.45) is 11.3 Å². The average Bonchev–Trinajstić information content (AvgIpc) is 3.81. The molecule has 3 aliphatic rings. The number of hydrogen-bond donors (Lipinski definition) is 3. The Kier molecular flexibility index (Phi) is 11.8. The summed E-state index contributed by atoms with van der Waals surface area (Å²) in [6.07, 6.45) is 0.480. The van der Waals surface area contributed by atoms with Crippen LogP contribution in [0.2, 0.25) is 0 Å². The molecule has 5 atom stereocenters. The van der Waals surface area contributed by atoms with Gasteiger partial charge in [0.15, 0.2) is 17.8 Å². The first-order chi connectivity index (χ1) is 22.9. The SMILES string of the molecule is CSC(=O)NCCCC(C)(C)CN(C[C@@H](O)[C@H](Cc1ccccc1)N(C(=O)O)[C@H]1CO[C@H]2OCC[C@H]21)S(=O)(=O)c1ccc2c(c1)OCO2. The number of carboxylic acid groups (broad SMARTS) is 1. The number of nitrogens with zero attached hydrogens (tertiary/aromatic N) is 2. The Morgan fingerprint density at radius 3 is 2.58 bits per heavy atom. The maximum atomic E-state index is 14.4. The molecule has 15 heteroatoms. The van der Waals surface area contributed by atoms with Gasteiger partial charge in [0.1, 0.15) is 0 Å². The molecule has 3 N–H and O–H groups in total. The number of rotatable bonds is 15. The number of carbonyl (C=O) groups excluding carboxylic acids is 1. The molecule has 0 aliphatic carbocycles. The third kappa shape index (κ3) is 8.55. The van der Waals surface area contributed by atoms with Crippen molar-refractivity contribution in [3.8, 4) is 11.5 Å². The second-order valence-corrected chi connectivity index (χ2v) is 15.8. The van der Waals surface area contributed by atoms with Crippen LogP contribution in [0.15, 0.2) is 53.4 Å². The second-order valence-electron chi connectivity index (χ2n) is 13.1. The lowest BCUT2D eigenvalue weighted by Gasteiger charge is -2.40. The highest BCUT2D eigenvalue weighted by Crippen LogP contribution is 2.38. The molecule has 0 spiro atoms. The van der Waals surface area contributed by atoms with Crippen LogP contribution in [0.4, 0.5) is 9.59 Å². The van der Waals surface area contributed by atoms with E-state index in [-0.39, 0.29) is 49.0 Å². The summed E-state index contributed by atoms with van der Waals surface area (Å²) in [5, 5.41) is 25.3. The number of hydrogen-bond acceptors (Lipinski definition) is 10. The van der Waals surface area contributed by atoms with E-state index in [1.807, 2.05) is 44.2 Å². The molecule has 2 amide bonds. The largest absolute Gasteiger partial charge is 0.465 e. The van der Waals surface area contributed by atoms with Gasteiger partial charge in [0, 0.05) is 31.6 Å². The summed E-state index contributed by atoms with van der Waals surface area (Å²) < 4.78 is 52.3. The van der Waals surface area contributed by atoms with Crippen molar-refractivity contribution in [2.75, 3.05) is 45.9 Å². The van der Waals surface area contributed by atoms with Crippen molar-refractivity contribution in [1.82, 2.24) is 14.5 Å². The number of benzene rings is 2. The molecule has 13 nitrogen and oxygen atoms in total. The molecule has 0 bridgehead atoms. The summed E-state index contributed by atoms with van der Waals surface area (Å²) in [5.41, 5.74) is 0.214. The molecule has 0 unspecified atom stereocenters. The number of aliphatic hydroxyl groups is 1. The van der Waals surface area contributed by atoms with E-state index in [2.05, 4.69) is 5.32 Å². The minimum Gasteiger partial charge on any atom is -0.465 e. The van der Waals surface area contributed by atoms with E-state index in [1.54, 1.807) is 6.26 Å². The van der Waals surface area contributed by atoms with Crippen LogP contribution in [0.1, 0.15) is 38.7 Å². The Labute approximate surface area is 285 Å². The van der Waals surface area contributed by atoms with Crippen LogP contribution in [0.25, 0.3) is 0 Å². The highest BCUT2D eigenvalue weighted by Gasteiger charge is 2.49. The topological polar surface area (TPSA) is 164 Å². The molecular formula is C33H45N3O10S2. The normalized spacial score (nSPS) is 21.6. The molecule has 3 aliphatic heterocycles. The molecular weight excluding hydrogens is 663 g/mol. The lowest BCUT2D eigenvalue weighted by Crippen LogP contribution is -2.58. The van der Waals surface area contributed by atoms with Crippen molar-refractivity contribution in [3.63, 3.8) is 0 Å². The third-order valence-electron chi connectivity index (χ3n) is 9.14. The molecule has 2 saturated heterocycles. The fourth-order valence-corrected chi connectivity index (χ4v) is 8.59. The van der Waals surface area contributed by atoms with E-state index < -0.39 is 46.0 Å². The summed E-state index contributed by atoms with van der Waals surface area (Å²) in [5.74, 6) is 0.528. The van der Waals surface area contributed by atoms with E-state index in [0.717, 1.165) is 17.3 Å². The van der Waals surface area contributed by atoms with E-state index in [4.69, 9.17) is 18.9 Å². The van der Waals surface area contributed by atoms with Crippen molar-refractivity contribution < 1.29 is 47.2 Å². The van der Waals surface area contributed by atoms with Crippen molar-refractivity contribution >= 4 is 33.1 Å². The van der Waals surface area contributed by atoms with Gasteiger partial charge in [0.2, 0.25) is 16.8 Å². The molecule has 2 aromatic rings. The van der Waals surface area contributed by atoms with Crippen molar-refractivity contribution in [2.45, 2.75) is 68.9 Å². The average molecular weight is 708 g/mol. The molecule has 2 fully saturated rings. The van der Waals surface area contributed by atoms with Crippen molar-refractivity contribution in [1.29, 1.82) is 0 Å². The van der Waals surface area contributed by atoms with Gasteiger partial charge in [-0.05, 0) is 55.1 Å². The zero-order valence-corrected chi connectivity index (χ0v) is 29.1. The lowest BCUT2D eigenvalue weighted by molar-refractivity contribution is -0.0906. The summed E-state index contributed by atoms with van der Waals surface area (Å²) in [6, 6.07) is 12.0. The summed E-state index contributed by atoms with van der Waals surface area (Å²) >= 11 is 1.09. The van der Waals surface area contributed by atoms with Gasteiger partial charge in [0.05, 0.1) is 36.3 Å². The quantitative estimate of drug-likeness (QED) is 0.229. The van der Waals surface area contributed by atoms with Gasteiger partial charge in [-0.25, -0.2) is 13.2 Å². The van der Waals surface area contributed by atoms with Crippen LogP contribution in [-0.2, 0) is 25.9 Å². The first-order valence-corrected chi connectivity index (χ1v) is 18.7. The van der Waals surface area contributed by atoms with Crippen LogP contribution < -0.4 is 14.8 Å². The molecule has 0 saturated carbocycles. The number of aliphatic hydroxyl groups excluding tert-OH is 1. The zero-order chi connectivity index (χ0) is 34.5. The Morgan fingerprint density at radius 1 is 1.10 bits per heavy atom. The maximum Gasteiger partial charge on any atom is 0.407 e. The Hall–Kier alpha value is -3.08. The van der Waals surface area contributed by atoms with Gasteiger partial charge in [0.25, 0.3) is 5.24 Å². The Bertz CT molecular complexity index is 1530. The number of fused-ring (bicyclic) bond motifs is 2. The van der Waals surface area contributed by atoms with Crippen LogP contribution in [0, 0.1) is 11.3 Å². The predicted molar refractivity (Wildman–Crippen MR) is 179 cm³/mol. The standard InChI is InChI=1S/C33H45N3O10S2/c1-33(2,13-7-14-34-31(38)47-3)20-35(48(41,42)23-10-11-28-29(17-23)46-21-45-28)18-27(37)25(16-22-8-5-4-6-9-22)36(32(39)40)26-19-44-30-24(26)12-15-43-30/h4-6,8-11,17,24-27,30,37H,7,12-16,18-21H2,1-3H3,(H,34,38)(H,39,40)/t24-,25-,26-,27+,30+/m0/s1. The first-order valence-electron chi connectivity index (χ1n) is 16.1. The second kappa shape index (κ2) is 15.6. The van der Waals surface area contributed by atoms with Crippen LogP contribution in [-0.4, -0.2) is 110 Å². The molecule has 2 aromatic carbocycles. The van der Waals surface area contributed by atoms with Crippen LogP contribution >= 0.6 is 11.8 Å². The Balaban J connectivity index is 1.45. The number of thioether (sulfide) groups is 1. The van der Waals surface area contributed by atoms with Crippen LogP contribution in [0.3, 0.4) is 0 Å². The van der Waals surface area contributed by atoms with Gasteiger partial charge in [-0.2, -0.15) is 4.31 Å². The molecule has 48 heavy (non-hydrogen) atoms. The van der Waals surface area contributed by atoms with E-state index in [1.165, 1.54) is 27.4 Å². The van der Waals surface area contributed by atoms with Crippen molar-refractivity contribution in [3.05, 3.63) is 54.1 Å². The smallest absolute Gasteiger partial charge is 0.407 e. The number of nitrogens with one attached hydrogen (secondary N) is 1. The monoisotopic (exact) mass is 707 g/mol. The van der Waals surface area contributed by atoms with Gasteiger partial charge in [-0.15, -0.1) is 0 Å². The lowest BCUT2D eigenvalue weighted by atomic mass is 9.87. The number of carbonyl (C=O) groups is 2. The van der Waals surface area contributed by atoms with Gasteiger partial charge >= 0.3 is 6.09 Å². The fraction of sp³-hybridized carbons (Fsp3) is 0.576. The minimum absolute atomic E-state index is 0.0213. The summed E-state index contributed by atoms with van der Waals surface area (Å²) in [6.45, 7) is 4.48. The van der Waals surface area contributed by atoms with Gasteiger partial charge < -0.3 is 34.5 Å². The minimum atomic E-state index is -4.23. The fourth-order valence-electron chi connectivity index (χ4n) is 6.68. The first kappa shape index (κ1) is 36.2. The predicted octanol–water partition coefficient (Wildman–Crippen LogP) is 4.00. The molecule has 0 radical (unpaired) electrons. The van der Waals surface area contributed by atoms with E-state index >= 15 is 0 Å². The number of sulfonamides is 1. The van der Waals surface area contributed by atoms with E-state index in [9.17, 15) is 28.2 Å². The maximum absolute atomic E-state index is 14.4. The zero-order valence-electron chi connectivity index (χ0n) is 27.4. The van der Waals surface area contributed by atoms with Gasteiger partial charge in [-0.1, -0.05) is 55.9 Å². The summed E-state index contributed by atoms with van der Waals surface area (Å²) in [7, 11) is -4.23. The molecule has 264 valence electrons. The van der Waals surface area contributed by atoms with Crippen LogP contribution in [0.5, 0.6) is 11.5 Å². The summed E-state index contributed by atoms with van der Waals surface area (Å²) in [4.78, 5) is 25.9. The highest BCUT2D eigenvalue weighted by molar-refractivity contribution is 8.12. The third-order valence-corrected chi connectivity index (χ3v) is 11.5. The highest BCUT2D eigenvalue weighted by atomic mass is 32.2. The molecule has 3 heterocycles. The Morgan fingerprint density at radius 2 is 1.85 bits per heavy atom. The molecule has 0 aromatic heterocycles. The van der Waals surface area contributed by atoms with E-state index in [0.29, 0.717) is 43.9 Å². The van der Waals surface area contributed by atoms with Gasteiger partial charge in [-0.3, -0.25) is 9.69 Å². The molecule has 5 rings (SSSR count). The number of ether oxygens (including phenoxy) is 4.